The van der Waals surface area contributed by atoms with E-state index in [1.165, 1.54) is 0 Å². The molecule has 1 aliphatic heterocycles. The van der Waals surface area contributed by atoms with E-state index < -0.39 is 0 Å². The first-order valence-corrected chi connectivity index (χ1v) is 9.62. The quantitative estimate of drug-likeness (QED) is 0.668. The smallest absolute Gasteiger partial charge is 0.168 e. The van der Waals surface area contributed by atoms with Crippen molar-refractivity contribution in [3.63, 3.8) is 0 Å². The van der Waals surface area contributed by atoms with E-state index in [2.05, 4.69) is 13.8 Å². The molecular weight excluding hydrogens is 368 g/mol. The Hall–Kier alpha value is -0.200. The van der Waals surface area contributed by atoms with Gasteiger partial charge >= 0.3 is 0 Å². The van der Waals surface area contributed by atoms with Gasteiger partial charge < -0.3 is 18.9 Å². The van der Waals surface area contributed by atoms with Crippen molar-refractivity contribution in [2.75, 3.05) is 40.6 Å². The van der Waals surface area contributed by atoms with Gasteiger partial charge in [0, 0.05) is 39.9 Å². The maximum atomic E-state index is 10.9. The summed E-state index contributed by atoms with van der Waals surface area (Å²) in [5.74, 6) is 0.186. The number of rotatable bonds is 4. The van der Waals surface area contributed by atoms with Gasteiger partial charge in [0.15, 0.2) is 5.79 Å². The molecule has 1 saturated heterocycles. The van der Waals surface area contributed by atoms with Gasteiger partial charge in [0.2, 0.25) is 0 Å². The fourth-order valence-corrected chi connectivity index (χ4v) is 4.14. The molecule has 1 heterocycles. The summed E-state index contributed by atoms with van der Waals surface area (Å²) >= 11 is 0. The zero-order chi connectivity index (χ0) is 18.4. The first-order valence-electron chi connectivity index (χ1n) is 9.62. The number of hydrogen-bond donors (Lipinski definition) is 0. The Labute approximate surface area is 172 Å². The maximum Gasteiger partial charge on any atom is 0.168 e. The van der Waals surface area contributed by atoms with Crippen LogP contribution in [0.1, 0.15) is 72.6 Å². The van der Waals surface area contributed by atoms with Gasteiger partial charge in [0.1, 0.15) is 5.78 Å². The van der Waals surface area contributed by atoms with Crippen molar-refractivity contribution < 1.29 is 23.7 Å². The molecule has 0 aromatic heterocycles. The Balaban J connectivity index is 0.000000479. The SMILES string of the molecule is C.COCC1(C)CCC(=O)CC1.COCC1(C)CCC2(CC1)OCCO2.Cl. The van der Waals surface area contributed by atoms with Crippen molar-refractivity contribution in [2.24, 2.45) is 10.8 Å². The number of ether oxygens (including phenoxy) is 4. The molecule has 27 heavy (non-hydrogen) atoms. The van der Waals surface area contributed by atoms with E-state index in [4.69, 9.17) is 18.9 Å². The minimum atomic E-state index is -0.229. The minimum Gasteiger partial charge on any atom is -0.384 e. The average molecular weight is 409 g/mol. The van der Waals surface area contributed by atoms with Gasteiger partial charge in [-0.15, -0.1) is 12.4 Å². The van der Waals surface area contributed by atoms with Crippen molar-refractivity contribution in [3.8, 4) is 0 Å². The van der Waals surface area contributed by atoms with Gasteiger partial charge in [-0.1, -0.05) is 21.3 Å². The van der Waals surface area contributed by atoms with E-state index in [1.807, 2.05) is 0 Å². The molecule has 3 fully saturated rings. The first kappa shape index (κ1) is 26.8. The average Bonchev–Trinajstić information content (AvgIpc) is 3.04. The van der Waals surface area contributed by atoms with E-state index in [0.717, 1.165) is 77.8 Å². The Bertz CT molecular complexity index is 414. The second-order valence-corrected chi connectivity index (χ2v) is 8.63. The van der Waals surface area contributed by atoms with Crippen molar-refractivity contribution >= 4 is 18.2 Å². The second kappa shape index (κ2) is 11.7. The molecule has 2 saturated carbocycles. The lowest BCUT2D eigenvalue weighted by Crippen LogP contribution is -2.40. The Morgan fingerprint density at radius 1 is 0.815 bits per heavy atom. The molecule has 2 aliphatic carbocycles. The van der Waals surface area contributed by atoms with Crippen LogP contribution in [0.2, 0.25) is 0 Å². The van der Waals surface area contributed by atoms with E-state index in [9.17, 15) is 4.79 Å². The van der Waals surface area contributed by atoms with Gasteiger partial charge in [0.05, 0.1) is 26.4 Å². The number of Topliss-reactive ketones (excluding diaryl/α,β-unsaturated/α-hetero) is 1. The molecule has 0 bridgehead atoms. The molecule has 5 nitrogen and oxygen atoms in total. The van der Waals surface area contributed by atoms with Crippen molar-refractivity contribution in [3.05, 3.63) is 0 Å². The first-order chi connectivity index (χ1) is 11.8. The Morgan fingerprint density at radius 2 is 1.22 bits per heavy atom. The third kappa shape index (κ3) is 7.98. The summed E-state index contributed by atoms with van der Waals surface area (Å²) in [6, 6.07) is 0. The molecule has 0 amide bonds. The van der Waals surface area contributed by atoms with Crippen LogP contribution < -0.4 is 0 Å². The summed E-state index contributed by atoms with van der Waals surface area (Å²) in [5.41, 5.74) is 0.595. The van der Waals surface area contributed by atoms with E-state index in [1.54, 1.807) is 14.2 Å². The molecule has 3 aliphatic rings. The molecule has 0 radical (unpaired) electrons. The van der Waals surface area contributed by atoms with Gasteiger partial charge in [-0.05, 0) is 36.5 Å². The van der Waals surface area contributed by atoms with Crippen LogP contribution >= 0.6 is 12.4 Å². The number of methoxy groups -OCH3 is 2. The van der Waals surface area contributed by atoms with E-state index >= 15 is 0 Å². The highest BCUT2D eigenvalue weighted by Gasteiger charge is 2.44. The molecule has 0 atom stereocenters. The third-order valence-electron chi connectivity index (χ3n) is 6.03. The Kier molecular flexibility index (Phi) is 11.6. The van der Waals surface area contributed by atoms with Crippen LogP contribution in [0.5, 0.6) is 0 Å². The number of halogens is 1. The molecule has 162 valence electrons. The standard InChI is InChI=1S/C11H20O3.C9H16O2.CH4.ClH/c1-10(9-12-2)3-5-11(6-4-10)13-7-8-14-11;1-9(7-11-2)5-3-8(10)4-6-9;;/h3-9H2,1-2H3;3-7H2,1-2H3;1H4;1H. The summed E-state index contributed by atoms with van der Waals surface area (Å²) in [6.07, 6.45) is 7.82. The lowest BCUT2D eigenvalue weighted by atomic mass is 9.74. The van der Waals surface area contributed by atoms with E-state index in [-0.39, 0.29) is 31.0 Å². The largest absolute Gasteiger partial charge is 0.384 e. The van der Waals surface area contributed by atoms with Crippen LogP contribution in [0.4, 0.5) is 0 Å². The summed E-state index contributed by atoms with van der Waals surface area (Å²) < 4.78 is 21.7. The molecule has 0 unspecified atom stereocenters. The fraction of sp³-hybridized carbons (Fsp3) is 0.952. The zero-order valence-corrected chi connectivity index (χ0v) is 17.8. The molecular formula is C21H41ClO5. The summed E-state index contributed by atoms with van der Waals surface area (Å²) in [7, 11) is 3.50. The number of hydrogen-bond acceptors (Lipinski definition) is 5. The normalized spacial score (nSPS) is 25.0. The topological polar surface area (TPSA) is 54.0 Å². The molecule has 0 aromatic carbocycles. The predicted octanol–water partition coefficient (Wildman–Crippen LogP) is 4.80. The number of carbonyl (C=O) groups excluding carboxylic acids is 1. The molecule has 6 heteroatoms. The highest BCUT2D eigenvalue weighted by molar-refractivity contribution is 5.85. The fourth-order valence-electron chi connectivity index (χ4n) is 4.14. The van der Waals surface area contributed by atoms with Crippen molar-refractivity contribution in [1.29, 1.82) is 0 Å². The Morgan fingerprint density at radius 3 is 1.63 bits per heavy atom. The predicted molar refractivity (Wildman–Crippen MR) is 111 cm³/mol. The van der Waals surface area contributed by atoms with Gasteiger partial charge in [-0.2, -0.15) is 0 Å². The van der Waals surface area contributed by atoms with Crippen LogP contribution in [-0.2, 0) is 23.7 Å². The minimum absolute atomic E-state index is 0. The molecule has 1 spiro atoms. The van der Waals surface area contributed by atoms with Crippen LogP contribution in [0.3, 0.4) is 0 Å². The molecule has 0 aromatic rings. The highest BCUT2D eigenvalue weighted by Crippen LogP contribution is 2.44. The van der Waals surface area contributed by atoms with Gasteiger partial charge in [-0.25, -0.2) is 0 Å². The van der Waals surface area contributed by atoms with Crippen molar-refractivity contribution in [2.45, 2.75) is 78.4 Å². The van der Waals surface area contributed by atoms with E-state index in [0.29, 0.717) is 11.2 Å². The lowest BCUT2D eigenvalue weighted by Gasteiger charge is -2.41. The molecule has 3 rings (SSSR count). The van der Waals surface area contributed by atoms with Crippen LogP contribution in [-0.4, -0.2) is 52.2 Å². The third-order valence-corrected chi connectivity index (χ3v) is 6.03. The summed E-state index contributed by atoms with van der Waals surface area (Å²) in [6.45, 7) is 7.66. The zero-order valence-electron chi connectivity index (χ0n) is 16.9. The van der Waals surface area contributed by atoms with Gasteiger partial charge in [0.25, 0.3) is 0 Å². The van der Waals surface area contributed by atoms with Crippen LogP contribution in [0.25, 0.3) is 0 Å². The van der Waals surface area contributed by atoms with Crippen LogP contribution in [0, 0.1) is 10.8 Å². The van der Waals surface area contributed by atoms with Gasteiger partial charge in [-0.3, -0.25) is 4.79 Å². The maximum absolute atomic E-state index is 10.9. The summed E-state index contributed by atoms with van der Waals surface area (Å²) in [4.78, 5) is 10.9. The number of ketones is 1. The van der Waals surface area contributed by atoms with Crippen LogP contribution in [0.15, 0.2) is 0 Å². The highest BCUT2D eigenvalue weighted by atomic mass is 35.5. The second-order valence-electron chi connectivity index (χ2n) is 8.63. The van der Waals surface area contributed by atoms with Crippen molar-refractivity contribution in [1.82, 2.24) is 0 Å². The molecule has 0 N–H and O–H groups in total. The lowest BCUT2D eigenvalue weighted by molar-refractivity contribution is -0.193. The monoisotopic (exact) mass is 408 g/mol. The summed E-state index contributed by atoms with van der Waals surface area (Å²) in [5, 5.41) is 0. The number of carbonyl (C=O) groups is 1.